The monoisotopic (exact) mass is 164 g/mol. The molecule has 2 heteroatoms. The quantitative estimate of drug-likeness (QED) is 0.472. The van der Waals surface area contributed by atoms with Gasteiger partial charge in [-0.1, -0.05) is 19.8 Å². The molecule has 1 atom stereocenters. The molecule has 0 aromatic rings. The molecule has 0 heterocycles. The van der Waals surface area contributed by atoms with Gasteiger partial charge in [-0.2, -0.15) is 0 Å². The van der Waals surface area contributed by atoms with E-state index in [-0.39, 0.29) is 0 Å². The first kappa shape index (κ1) is 10.2. The van der Waals surface area contributed by atoms with E-state index in [1.807, 2.05) is 0 Å². The SMILES string of the molecule is CC(CCl)CCCCCO. The molecule has 0 saturated carbocycles. The van der Waals surface area contributed by atoms with Crippen LogP contribution in [0.3, 0.4) is 0 Å². The molecule has 0 aromatic carbocycles. The third-order valence-electron chi connectivity index (χ3n) is 1.62. The van der Waals surface area contributed by atoms with Crippen LogP contribution in [0.2, 0.25) is 0 Å². The highest BCUT2D eigenvalue weighted by atomic mass is 35.5. The molecule has 62 valence electrons. The van der Waals surface area contributed by atoms with E-state index in [4.69, 9.17) is 16.7 Å². The standard InChI is InChI=1S/C8H17ClO/c1-8(7-9)5-3-2-4-6-10/h8,10H,2-7H2,1H3. The second kappa shape index (κ2) is 7.36. The van der Waals surface area contributed by atoms with Crippen molar-refractivity contribution in [3.05, 3.63) is 0 Å². The number of halogens is 1. The Morgan fingerprint density at radius 3 is 2.50 bits per heavy atom. The van der Waals surface area contributed by atoms with Gasteiger partial charge < -0.3 is 5.11 Å². The number of rotatable bonds is 6. The summed E-state index contributed by atoms with van der Waals surface area (Å²) in [7, 11) is 0. The van der Waals surface area contributed by atoms with Gasteiger partial charge in [-0.15, -0.1) is 11.6 Å². The van der Waals surface area contributed by atoms with E-state index in [1.165, 1.54) is 12.8 Å². The summed E-state index contributed by atoms with van der Waals surface area (Å²) < 4.78 is 0. The molecule has 0 rings (SSSR count). The minimum absolute atomic E-state index is 0.329. The van der Waals surface area contributed by atoms with Crippen LogP contribution in [0.5, 0.6) is 0 Å². The number of hydrogen-bond acceptors (Lipinski definition) is 1. The van der Waals surface area contributed by atoms with Crippen LogP contribution in [-0.2, 0) is 0 Å². The lowest BCUT2D eigenvalue weighted by molar-refractivity contribution is 0.281. The van der Waals surface area contributed by atoms with Crippen molar-refractivity contribution in [2.45, 2.75) is 32.6 Å². The van der Waals surface area contributed by atoms with E-state index in [1.54, 1.807) is 0 Å². The smallest absolute Gasteiger partial charge is 0.0431 e. The highest BCUT2D eigenvalue weighted by Gasteiger charge is 1.97. The molecule has 1 nitrogen and oxygen atoms in total. The Hall–Kier alpha value is 0.250. The maximum atomic E-state index is 8.46. The zero-order chi connectivity index (χ0) is 7.82. The van der Waals surface area contributed by atoms with Crippen molar-refractivity contribution in [3.63, 3.8) is 0 Å². The molecule has 0 fully saturated rings. The lowest BCUT2D eigenvalue weighted by atomic mass is 10.1. The summed E-state index contributed by atoms with van der Waals surface area (Å²) in [5.74, 6) is 1.40. The van der Waals surface area contributed by atoms with Crippen molar-refractivity contribution in [1.82, 2.24) is 0 Å². The highest BCUT2D eigenvalue weighted by molar-refractivity contribution is 6.18. The lowest BCUT2D eigenvalue weighted by Crippen LogP contribution is -1.95. The second-order valence-electron chi connectivity index (χ2n) is 2.83. The van der Waals surface area contributed by atoms with Gasteiger partial charge in [0.2, 0.25) is 0 Å². The number of aliphatic hydroxyl groups excluding tert-OH is 1. The lowest BCUT2D eigenvalue weighted by Gasteiger charge is -2.04. The molecule has 0 saturated heterocycles. The summed E-state index contributed by atoms with van der Waals surface area (Å²) in [6, 6.07) is 0. The Kier molecular flexibility index (Phi) is 7.54. The fraction of sp³-hybridized carbons (Fsp3) is 1.00. The minimum atomic E-state index is 0.329. The molecule has 0 aliphatic rings. The van der Waals surface area contributed by atoms with Gasteiger partial charge in [-0.05, 0) is 18.8 Å². The van der Waals surface area contributed by atoms with Gasteiger partial charge in [0, 0.05) is 12.5 Å². The van der Waals surface area contributed by atoms with Crippen LogP contribution in [0.4, 0.5) is 0 Å². The van der Waals surface area contributed by atoms with E-state index in [0.717, 1.165) is 18.7 Å². The molecule has 0 spiro atoms. The molecule has 0 aromatic heterocycles. The Morgan fingerprint density at radius 2 is 2.00 bits per heavy atom. The van der Waals surface area contributed by atoms with Crippen LogP contribution in [0.1, 0.15) is 32.6 Å². The first-order valence-corrected chi connectivity index (χ1v) is 4.51. The van der Waals surface area contributed by atoms with Crippen LogP contribution in [0.15, 0.2) is 0 Å². The van der Waals surface area contributed by atoms with E-state index in [0.29, 0.717) is 12.5 Å². The average molecular weight is 165 g/mol. The zero-order valence-corrected chi connectivity index (χ0v) is 7.40. The van der Waals surface area contributed by atoms with Crippen molar-refractivity contribution in [1.29, 1.82) is 0 Å². The number of unbranched alkanes of at least 4 members (excludes halogenated alkanes) is 2. The molecule has 0 aliphatic heterocycles. The second-order valence-corrected chi connectivity index (χ2v) is 3.14. The summed E-state index contributed by atoms with van der Waals surface area (Å²) >= 11 is 5.62. The van der Waals surface area contributed by atoms with Gasteiger partial charge in [-0.25, -0.2) is 0 Å². The zero-order valence-electron chi connectivity index (χ0n) is 6.65. The minimum Gasteiger partial charge on any atom is -0.396 e. The average Bonchev–Trinajstić information content (AvgIpc) is 1.98. The van der Waals surface area contributed by atoms with Crippen LogP contribution < -0.4 is 0 Å². The molecular weight excluding hydrogens is 148 g/mol. The van der Waals surface area contributed by atoms with Crippen LogP contribution in [0, 0.1) is 5.92 Å². The molecule has 10 heavy (non-hydrogen) atoms. The van der Waals surface area contributed by atoms with Gasteiger partial charge in [0.1, 0.15) is 0 Å². The summed E-state index contributed by atoms with van der Waals surface area (Å²) in [4.78, 5) is 0. The van der Waals surface area contributed by atoms with Gasteiger partial charge in [0.05, 0.1) is 0 Å². The molecule has 0 bridgehead atoms. The Bertz CT molecular complexity index is 66.3. The van der Waals surface area contributed by atoms with E-state index < -0.39 is 0 Å². The van der Waals surface area contributed by atoms with E-state index in [2.05, 4.69) is 6.92 Å². The molecule has 0 amide bonds. The van der Waals surface area contributed by atoms with Crippen LogP contribution in [0.25, 0.3) is 0 Å². The largest absolute Gasteiger partial charge is 0.396 e. The van der Waals surface area contributed by atoms with Crippen molar-refractivity contribution in [2.75, 3.05) is 12.5 Å². The Balaban J connectivity index is 2.89. The van der Waals surface area contributed by atoms with Gasteiger partial charge in [-0.3, -0.25) is 0 Å². The Morgan fingerprint density at radius 1 is 1.30 bits per heavy atom. The normalized spacial score (nSPS) is 13.5. The first-order chi connectivity index (χ1) is 4.81. The highest BCUT2D eigenvalue weighted by Crippen LogP contribution is 2.09. The van der Waals surface area contributed by atoms with Gasteiger partial charge in [0.25, 0.3) is 0 Å². The summed E-state index contributed by atoms with van der Waals surface area (Å²) in [5, 5.41) is 8.46. The first-order valence-electron chi connectivity index (χ1n) is 3.98. The van der Waals surface area contributed by atoms with Crippen molar-refractivity contribution >= 4 is 11.6 Å². The summed E-state index contributed by atoms with van der Waals surface area (Å²) in [5.41, 5.74) is 0. The molecule has 1 unspecified atom stereocenters. The predicted octanol–water partition coefficient (Wildman–Crippen LogP) is 2.41. The van der Waals surface area contributed by atoms with Crippen molar-refractivity contribution in [3.8, 4) is 0 Å². The van der Waals surface area contributed by atoms with Crippen LogP contribution in [-0.4, -0.2) is 17.6 Å². The third-order valence-corrected chi connectivity index (χ3v) is 2.15. The molecule has 0 radical (unpaired) electrons. The fourth-order valence-electron chi connectivity index (χ4n) is 0.859. The van der Waals surface area contributed by atoms with Crippen LogP contribution >= 0.6 is 11.6 Å². The van der Waals surface area contributed by atoms with Crippen molar-refractivity contribution < 1.29 is 5.11 Å². The maximum Gasteiger partial charge on any atom is 0.0431 e. The predicted molar refractivity (Wildman–Crippen MR) is 45.4 cm³/mol. The van der Waals surface area contributed by atoms with Gasteiger partial charge >= 0.3 is 0 Å². The summed E-state index contributed by atoms with van der Waals surface area (Å²) in [6.45, 7) is 2.49. The summed E-state index contributed by atoms with van der Waals surface area (Å²) in [6.07, 6.45) is 4.48. The number of hydrogen-bond donors (Lipinski definition) is 1. The number of aliphatic hydroxyl groups is 1. The maximum absolute atomic E-state index is 8.46. The molecular formula is C8H17ClO. The molecule has 1 N–H and O–H groups in total. The number of alkyl halides is 1. The third kappa shape index (κ3) is 6.37. The molecule has 0 aliphatic carbocycles. The fourth-order valence-corrected chi connectivity index (χ4v) is 1.01. The van der Waals surface area contributed by atoms with Crippen molar-refractivity contribution in [2.24, 2.45) is 5.92 Å². The van der Waals surface area contributed by atoms with E-state index in [9.17, 15) is 0 Å². The Labute approximate surface area is 68.4 Å². The van der Waals surface area contributed by atoms with E-state index >= 15 is 0 Å². The van der Waals surface area contributed by atoms with Gasteiger partial charge in [0.15, 0.2) is 0 Å². The topological polar surface area (TPSA) is 20.2 Å².